The molecule has 0 bridgehead atoms. The van der Waals surface area contributed by atoms with Crippen molar-refractivity contribution >= 4 is 0 Å². The summed E-state index contributed by atoms with van der Waals surface area (Å²) < 4.78 is 5.81. The summed E-state index contributed by atoms with van der Waals surface area (Å²) in [6.45, 7) is 2.74. The Morgan fingerprint density at radius 2 is 1.71 bits per heavy atom. The minimum Gasteiger partial charge on any atom is -0.488 e. The summed E-state index contributed by atoms with van der Waals surface area (Å²) in [7, 11) is 0. The highest BCUT2D eigenvalue weighted by atomic mass is 16.5. The molecular formula is C19H15NO. The van der Waals surface area contributed by atoms with E-state index in [2.05, 4.69) is 36.2 Å². The predicted molar refractivity (Wildman–Crippen MR) is 84.2 cm³/mol. The Labute approximate surface area is 124 Å². The molecule has 2 heteroatoms. The van der Waals surface area contributed by atoms with Crippen LogP contribution >= 0.6 is 0 Å². The van der Waals surface area contributed by atoms with Crippen molar-refractivity contribution in [3.63, 3.8) is 0 Å². The first-order chi connectivity index (χ1) is 10.3. The third-order valence-electron chi connectivity index (χ3n) is 3.99. The number of rotatable bonds is 1. The summed E-state index contributed by atoms with van der Waals surface area (Å²) >= 11 is 0. The largest absolute Gasteiger partial charge is 0.488 e. The molecule has 0 atom stereocenters. The Hall–Kier alpha value is -2.61. The monoisotopic (exact) mass is 273 g/mol. The fourth-order valence-corrected chi connectivity index (χ4v) is 2.99. The van der Waals surface area contributed by atoms with Crippen molar-refractivity contribution in [3.8, 4) is 28.1 Å². The number of nitrogens with zero attached hydrogens (tertiary/aromatic N) is 1. The Bertz CT molecular complexity index is 809. The highest BCUT2D eigenvalue weighted by molar-refractivity contribution is 5.82. The van der Waals surface area contributed by atoms with Crippen molar-refractivity contribution in [2.24, 2.45) is 0 Å². The number of fused-ring (bicyclic) bond motifs is 3. The quantitative estimate of drug-likeness (QED) is 0.645. The molecule has 21 heavy (non-hydrogen) atoms. The normalized spacial score (nSPS) is 12.2. The van der Waals surface area contributed by atoms with Crippen LogP contribution in [0.25, 0.3) is 22.4 Å². The number of ether oxygens (including phenoxy) is 1. The SMILES string of the molecule is Cc1c(-c2ccccc2)ncc2c1-c1ccccc1OC2. The minimum absolute atomic E-state index is 0.593. The van der Waals surface area contributed by atoms with E-state index in [9.17, 15) is 0 Å². The van der Waals surface area contributed by atoms with Crippen LogP contribution in [0.2, 0.25) is 0 Å². The van der Waals surface area contributed by atoms with Gasteiger partial charge < -0.3 is 4.74 Å². The summed E-state index contributed by atoms with van der Waals surface area (Å²) in [5.74, 6) is 0.957. The zero-order valence-electron chi connectivity index (χ0n) is 11.8. The Morgan fingerprint density at radius 1 is 0.952 bits per heavy atom. The second-order valence-corrected chi connectivity index (χ2v) is 5.28. The van der Waals surface area contributed by atoms with Crippen LogP contribution in [0.5, 0.6) is 5.75 Å². The van der Waals surface area contributed by atoms with Gasteiger partial charge in [0, 0.05) is 22.9 Å². The Kier molecular flexibility index (Phi) is 2.74. The fraction of sp³-hybridized carbons (Fsp3) is 0.105. The van der Waals surface area contributed by atoms with E-state index in [4.69, 9.17) is 4.74 Å². The van der Waals surface area contributed by atoms with Crippen molar-refractivity contribution in [1.82, 2.24) is 4.98 Å². The first kappa shape index (κ1) is 12.2. The molecule has 0 N–H and O–H groups in total. The summed E-state index contributed by atoms with van der Waals surface area (Å²) in [6.07, 6.45) is 1.95. The molecule has 0 aliphatic carbocycles. The first-order valence-electron chi connectivity index (χ1n) is 7.10. The van der Waals surface area contributed by atoms with Gasteiger partial charge in [-0.15, -0.1) is 0 Å². The van der Waals surface area contributed by atoms with Gasteiger partial charge in [-0.05, 0) is 24.1 Å². The molecule has 0 unspecified atom stereocenters. The van der Waals surface area contributed by atoms with Gasteiger partial charge in [0.1, 0.15) is 12.4 Å². The second kappa shape index (κ2) is 4.74. The first-order valence-corrected chi connectivity index (χ1v) is 7.10. The van der Waals surface area contributed by atoms with Crippen LogP contribution in [-0.4, -0.2) is 4.98 Å². The van der Waals surface area contributed by atoms with Crippen LogP contribution in [0.3, 0.4) is 0 Å². The van der Waals surface area contributed by atoms with Gasteiger partial charge >= 0.3 is 0 Å². The van der Waals surface area contributed by atoms with E-state index in [1.54, 1.807) is 0 Å². The lowest BCUT2D eigenvalue weighted by Crippen LogP contribution is -2.08. The molecule has 2 heterocycles. The highest BCUT2D eigenvalue weighted by Gasteiger charge is 2.21. The van der Waals surface area contributed by atoms with Crippen LogP contribution in [0.1, 0.15) is 11.1 Å². The zero-order valence-corrected chi connectivity index (χ0v) is 11.8. The zero-order chi connectivity index (χ0) is 14.2. The molecule has 0 amide bonds. The van der Waals surface area contributed by atoms with Crippen LogP contribution in [-0.2, 0) is 6.61 Å². The third kappa shape index (κ3) is 1.91. The lowest BCUT2D eigenvalue weighted by atomic mass is 9.91. The summed E-state index contributed by atoms with van der Waals surface area (Å²) in [5.41, 5.74) is 7.01. The average Bonchev–Trinajstić information content (AvgIpc) is 2.55. The maximum atomic E-state index is 5.81. The Morgan fingerprint density at radius 3 is 2.57 bits per heavy atom. The summed E-state index contributed by atoms with van der Waals surface area (Å²) in [4.78, 5) is 4.65. The minimum atomic E-state index is 0.593. The van der Waals surface area contributed by atoms with Gasteiger partial charge in [-0.25, -0.2) is 0 Å². The van der Waals surface area contributed by atoms with E-state index >= 15 is 0 Å². The lowest BCUT2D eigenvalue weighted by Gasteiger charge is -2.23. The van der Waals surface area contributed by atoms with Crippen molar-refractivity contribution in [2.75, 3.05) is 0 Å². The number of pyridine rings is 1. The highest BCUT2D eigenvalue weighted by Crippen LogP contribution is 2.41. The van der Waals surface area contributed by atoms with Crippen LogP contribution in [0, 0.1) is 6.92 Å². The molecule has 3 aromatic rings. The number of hydrogen-bond acceptors (Lipinski definition) is 2. The molecule has 1 aliphatic heterocycles. The topological polar surface area (TPSA) is 22.1 Å². The van der Waals surface area contributed by atoms with E-state index < -0.39 is 0 Å². The molecule has 102 valence electrons. The lowest BCUT2D eigenvalue weighted by molar-refractivity contribution is 0.301. The summed E-state index contributed by atoms with van der Waals surface area (Å²) in [5, 5.41) is 0. The Balaban J connectivity index is 1.97. The van der Waals surface area contributed by atoms with E-state index in [1.807, 2.05) is 36.5 Å². The van der Waals surface area contributed by atoms with Crippen molar-refractivity contribution in [2.45, 2.75) is 13.5 Å². The third-order valence-corrected chi connectivity index (χ3v) is 3.99. The standard InChI is InChI=1S/C19H15NO/c1-13-18-15(12-21-17-10-6-5-9-16(17)18)11-20-19(13)14-7-3-2-4-8-14/h2-11H,12H2,1H3. The second-order valence-electron chi connectivity index (χ2n) is 5.28. The van der Waals surface area contributed by atoms with Gasteiger partial charge in [0.2, 0.25) is 0 Å². The van der Waals surface area contributed by atoms with E-state index in [0.29, 0.717) is 6.61 Å². The number of hydrogen-bond donors (Lipinski definition) is 0. The number of para-hydroxylation sites is 1. The van der Waals surface area contributed by atoms with Crippen LogP contribution in [0.4, 0.5) is 0 Å². The molecule has 1 aliphatic rings. The van der Waals surface area contributed by atoms with Crippen LogP contribution in [0.15, 0.2) is 60.8 Å². The van der Waals surface area contributed by atoms with Gasteiger partial charge in [-0.3, -0.25) is 4.98 Å². The number of benzene rings is 2. The van der Waals surface area contributed by atoms with Gasteiger partial charge in [0.25, 0.3) is 0 Å². The van der Waals surface area contributed by atoms with Gasteiger partial charge in [-0.1, -0.05) is 48.5 Å². The molecule has 4 rings (SSSR count). The van der Waals surface area contributed by atoms with E-state index in [0.717, 1.165) is 28.1 Å². The molecule has 2 nitrogen and oxygen atoms in total. The summed E-state index contributed by atoms with van der Waals surface area (Å²) in [6, 6.07) is 18.5. The smallest absolute Gasteiger partial charge is 0.127 e. The number of aromatic nitrogens is 1. The molecule has 0 saturated heterocycles. The van der Waals surface area contributed by atoms with Gasteiger partial charge in [0.05, 0.1) is 5.69 Å². The molecule has 0 saturated carbocycles. The maximum Gasteiger partial charge on any atom is 0.127 e. The fourth-order valence-electron chi connectivity index (χ4n) is 2.99. The van der Waals surface area contributed by atoms with Gasteiger partial charge in [-0.2, -0.15) is 0 Å². The maximum absolute atomic E-state index is 5.81. The predicted octanol–water partition coefficient (Wildman–Crippen LogP) is 4.62. The molecule has 2 aromatic carbocycles. The van der Waals surface area contributed by atoms with Crippen molar-refractivity contribution < 1.29 is 4.74 Å². The van der Waals surface area contributed by atoms with Gasteiger partial charge in [0.15, 0.2) is 0 Å². The van der Waals surface area contributed by atoms with E-state index in [-0.39, 0.29) is 0 Å². The van der Waals surface area contributed by atoms with E-state index in [1.165, 1.54) is 11.1 Å². The molecule has 0 spiro atoms. The molecule has 0 radical (unpaired) electrons. The van der Waals surface area contributed by atoms with Crippen molar-refractivity contribution in [3.05, 3.63) is 71.9 Å². The van der Waals surface area contributed by atoms with Crippen LogP contribution < -0.4 is 4.74 Å². The molecular weight excluding hydrogens is 258 g/mol. The average molecular weight is 273 g/mol. The molecule has 1 aromatic heterocycles. The molecule has 0 fully saturated rings. The van der Waals surface area contributed by atoms with Crippen molar-refractivity contribution in [1.29, 1.82) is 0 Å².